The highest BCUT2D eigenvalue weighted by Crippen LogP contribution is 2.19. The Morgan fingerprint density at radius 1 is 0.370 bits per heavy atom. The quantitative estimate of drug-likeness (QED) is 0.0460. The molecule has 0 aromatic rings. The van der Waals surface area contributed by atoms with Crippen molar-refractivity contribution in [3.63, 3.8) is 0 Å². The first kappa shape index (κ1) is 44.7. The Morgan fingerprint density at radius 2 is 0.587 bits per heavy atom. The number of nitrogens with one attached hydrogen (secondary N) is 4. The molecular weight excluding hydrogens is 625 g/mol. The standard InChI is InChI=1S/C32H70N4O8Si2/c1-7-39-45(40-8-2,41-9-3)29-23-27-35-31(37)33-25-21-19-17-15-13-14-16-18-20-22-26-34-32(38)36-28-24-30-46(42-10-4,43-11-5)44-12-6/h7-30H2,1-6H3,(H2,33,35,37)(H2,34,36,38). The summed E-state index contributed by atoms with van der Waals surface area (Å²) in [5.41, 5.74) is 0. The molecule has 12 nitrogen and oxygen atoms in total. The normalized spacial score (nSPS) is 11.9. The third-order valence-electron chi connectivity index (χ3n) is 7.25. The number of urea groups is 2. The first-order chi connectivity index (χ1) is 22.4. The lowest BCUT2D eigenvalue weighted by molar-refractivity contribution is 0.0700. The summed E-state index contributed by atoms with van der Waals surface area (Å²) >= 11 is 0. The molecule has 0 fully saturated rings. The second kappa shape index (κ2) is 31.0. The number of carbonyl (C=O) groups is 2. The van der Waals surface area contributed by atoms with E-state index in [1.54, 1.807) is 0 Å². The molecule has 0 saturated carbocycles. The molecular formula is C32H70N4O8Si2. The van der Waals surface area contributed by atoms with E-state index < -0.39 is 17.6 Å². The van der Waals surface area contributed by atoms with Crippen molar-refractivity contribution >= 4 is 29.7 Å². The lowest BCUT2D eigenvalue weighted by Crippen LogP contribution is -2.46. The number of amides is 4. The summed E-state index contributed by atoms with van der Waals surface area (Å²) in [6.07, 6.45) is 13.2. The Labute approximate surface area is 283 Å². The molecule has 0 bridgehead atoms. The van der Waals surface area contributed by atoms with Gasteiger partial charge in [0.25, 0.3) is 0 Å². The van der Waals surface area contributed by atoms with Gasteiger partial charge in [-0.25, -0.2) is 9.59 Å². The van der Waals surface area contributed by atoms with Crippen molar-refractivity contribution in [2.75, 3.05) is 65.8 Å². The van der Waals surface area contributed by atoms with Crippen LogP contribution in [0.2, 0.25) is 12.1 Å². The van der Waals surface area contributed by atoms with Crippen molar-refractivity contribution in [2.24, 2.45) is 0 Å². The van der Waals surface area contributed by atoms with Crippen LogP contribution < -0.4 is 21.3 Å². The van der Waals surface area contributed by atoms with E-state index in [0.29, 0.717) is 77.9 Å². The lowest BCUT2D eigenvalue weighted by atomic mass is 10.1. The van der Waals surface area contributed by atoms with Gasteiger partial charge in [-0.1, -0.05) is 51.4 Å². The lowest BCUT2D eigenvalue weighted by Gasteiger charge is -2.28. The van der Waals surface area contributed by atoms with Gasteiger partial charge < -0.3 is 47.8 Å². The molecule has 0 aliphatic rings. The van der Waals surface area contributed by atoms with Crippen LogP contribution in [0.25, 0.3) is 0 Å². The molecule has 0 unspecified atom stereocenters. The second-order valence-electron chi connectivity index (χ2n) is 11.1. The Kier molecular flexibility index (Phi) is 30.2. The van der Waals surface area contributed by atoms with E-state index in [0.717, 1.165) is 38.5 Å². The summed E-state index contributed by atoms with van der Waals surface area (Å²) in [6, 6.07) is 1.16. The molecule has 274 valence electrons. The maximum atomic E-state index is 12.1. The van der Waals surface area contributed by atoms with Crippen LogP contribution in [0.4, 0.5) is 9.59 Å². The predicted octanol–water partition coefficient (Wildman–Crippen LogP) is 6.36. The molecule has 46 heavy (non-hydrogen) atoms. The van der Waals surface area contributed by atoms with E-state index in [-0.39, 0.29) is 12.1 Å². The van der Waals surface area contributed by atoms with Gasteiger partial charge in [0.1, 0.15) is 0 Å². The Hall–Kier alpha value is -1.27. The second-order valence-corrected chi connectivity index (χ2v) is 16.5. The van der Waals surface area contributed by atoms with Crippen LogP contribution in [0.15, 0.2) is 0 Å². The van der Waals surface area contributed by atoms with Crippen molar-refractivity contribution < 1.29 is 36.1 Å². The topological polar surface area (TPSA) is 138 Å². The number of rotatable bonds is 33. The van der Waals surface area contributed by atoms with E-state index in [1.165, 1.54) is 38.5 Å². The first-order valence-electron chi connectivity index (χ1n) is 18.2. The van der Waals surface area contributed by atoms with Crippen molar-refractivity contribution in [3.05, 3.63) is 0 Å². The molecule has 0 aliphatic heterocycles. The summed E-state index contributed by atoms with van der Waals surface area (Å²) < 4.78 is 35.1. The van der Waals surface area contributed by atoms with Gasteiger partial charge in [-0.15, -0.1) is 0 Å². The van der Waals surface area contributed by atoms with Crippen LogP contribution in [0.3, 0.4) is 0 Å². The molecule has 0 rings (SSSR count). The molecule has 0 heterocycles. The molecule has 0 aliphatic carbocycles. The fraction of sp³-hybridized carbons (Fsp3) is 0.938. The summed E-state index contributed by atoms with van der Waals surface area (Å²) in [4.78, 5) is 24.2. The van der Waals surface area contributed by atoms with Crippen LogP contribution >= 0.6 is 0 Å². The summed E-state index contributed by atoms with van der Waals surface area (Å²) in [6.45, 7) is 17.6. The van der Waals surface area contributed by atoms with Gasteiger partial charge in [-0.05, 0) is 67.2 Å². The molecule has 0 aromatic carbocycles. The van der Waals surface area contributed by atoms with E-state index in [1.807, 2.05) is 41.5 Å². The van der Waals surface area contributed by atoms with Crippen LogP contribution in [0, 0.1) is 0 Å². The van der Waals surface area contributed by atoms with Crippen LogP contribution in [0.5, 0.6) is 0 Å². The van der Waals surface area contributed by atoms with Gasteiger partial charge in [0.2, 0.25) is 0 Å². The number of hydrogen-bond acceptors (Lipinski definition) is 8. The minimum absolute atomic E-state index is 0.117. The van der Waals surface area contributed by atoms with Crippen LogP contribution in [-0.4, -0.2) is 95.5 Å². The monoisotopic (exact) mass is 694 g/mol. The molecule has 0 atom stereocenters. The highest BCUT2D eigenvalue weighted by molar-refractivity contribution is 6.61. The minimum Gasteiger partial charge on any atom is -0.374 e. The zero-order chi connectivity index (χ0) is 34.2. The zero-order valence-corrected chi connectivity index (χ0v) is 32.2. The van der Waals surface area contributed by atoms with E-state index in [4.69, 9.17) is 26.6 Å². The first-order valence-corrected chi connectivity index (χ1v) is 22.1. The Morgan fingerprint density at radius 3 is 0.826 bits per heavy atom. The molecule has 0 saturated heterocycles. The van der Waals surface area contributed by atoms with Gasteiger partial charge in [0.05, 0.1) is 0 Å². The van der Waals surface area contributed by atoms with Gasteiger partial charge in [-0.2, -0.15) is 0 Å². The van der Waals surface area contributed by atoms with Crippen molar-refractivity contribution in [2.45, 2.75) is 131 Å². The van der Waals surface area contributed by atoms with E-state index in [9.17, 15) is 9.59 Å². The molecule has 4 N–H and O–H groups in total. The zero-order valence-electron chi connectivity index (χ0n) is 30.2. The van der Waals surface area contributed by atoms with E-state index in [2.05, 4.69) is 21.3 Å². The number of carbonyl (C=O) groups excluding carboxylic acids is 2. The average Bonchev–Trinajstić information content (AvgIpc) is 3.02. The predicted molar refractivity (Wildman–Crippen MR) is 189 cm³/mol. The third-order valence-corrected chi connectivity index (χ3v) is 13.6. The smallest absolute Gasteiger partial charge is 0.374 e. The molecule has 0 radical (unpaired) electrons. The SMILES string of the molecule is CCO[Si](CCCNC(=O)NCCCCCCCCCCCCNC(=O)NCCC[Si](OCC)(OCC)OCC)(OCC)OCC. The Bertz CT molecular complexity index is 636. The fourth-order valence-corrected chi connectivity index (χ4v) is 10.4. The summed E-state index contributed by atoms with van der Waals surface area (Å²) in [5.74, 6) is 0. The largest absolute Gasteiger partial charge is 0.500 e. The molecule has 4 amide bonds. The number of unbranched alkanes of at least 4 members (excludes halogenated alkanes) is 9. The number of hydrogen-bond donors (Lipinski definition) is 4. The van der Waals surface area contributed by atoms with Gasteiger partial charge >= 0.3 is 29.7 Å². The maximum absolute atomic E-state index is 12.1. The third kappa shape index (κ3) is 24.0. The van der Waals surface area contributed by atoms with E-state index >= 15 is 0 Å². The molecule has 0 spiro atoms. The van der Waals surface area contributed by atoms with Gasteiger partial charge in [0, 0.05) is 77.9 Å². The maximum Gasteiger partial charge on any atom is 0.500 e. The highest BCUT2D eigenvalue weighted by atomic mass is 28.4. The Balaban J connectivity index is 3.65. The van der Waals surface area contributed by atoms with Crippen molar-refractivity contribution in [3.8, 4) is 0 Å². The van der Waals surface area contributed by atoms with Crippen molar-refractivity contribution in [1.82, 2.24) is 21.3 Å². The average molecular weight is 695 g/mol. The summed E-state index contributed by atoms with van der Waals surface area (Å²) in [7, 11) is -5.28. The summed E-state index contributed by atoms with van der Waals surface area (Å²) in [5, 5.41) is 11.8. The molecule has 0 aromatic heterocycles. The highest BCUT2D eigenvalue weighted by Gasteiger charge is 2.40. The minimum atomic E-state index is -2.64. The van der Waals surface area contributed by atoms with Crippen molar-refractivity contribution in [1.29, 1.82) is 0 Å². The molecule has 14 heteroatoms. The van der Waals surface area contributed by atoms with Crippen LogP contribution in [-0.2, 0) is 26.6 Å². The van der Waals surface area contributed by atoms with Crippen LogP contribution in [0.1, 0.15) is 119 Å². The fourth-order valence-electron chi connectivity index (χ4n) is 5.21. The van der Waals surface area contributed by atoms with Gasteiger partial charge in [0.15, 0.2) is 0 Å². The van der Waals surface area contributed by atoms with Gasteiger partial charge in [-0.3, -0.25) is 0 Å².